The molecular weight excluding hydrogens is 388 g/mol. The molecule has 0 aromatic heterocycles. The molecule has 0 amide bonds. The van der Waals surface area contributed by atoms with E-state index in [9.17, 15) is 0 Å². The summed E-state index contributed by atoms with van der Waals surface area (Å²) < 4.78 is 25.6. The van der Waals surface area contributed by atoms with Crippen molar-refractivity contribution in [3.8, 4) is 5.75 Å². The first kappa shape index (κ1) is 25.9. The Hall–Kier alpha value is -1.32. The predicted octanol–water partition coefficient (Wildman–Crippen LogP) is 6.92. The third kappa shape index (κ3) is 7.95. The van der Waals surface area contributed by atoms with Crippen molar-refractivity contribution < 1.29 is 18.9 Å². The molecule has 1 aromatic rings. The molecule has 3 fully saturated rings. The van der Waals surface area contributed by atoms with Gasteiger partial charge in [-0.2, -0.15) is 0 Å². The van der Waals surface area contributed by atoms with Gasteiger partial charge >= 0.3 is 11.3 Å². The van der Waals surface area contributed by atoms with E-state index in [0.717, 1.165) is 56.5 Å². The summed E-state index contributed by atoms with van der Waals surface area (Å²) in [5.41, 5.74) is 1.50. The van der Waals surface area contributed by atoms with Crippen molar-refractivity contribution in [3.63, 3.8) is 0 Å². The summed E-state index contributed by atoms with van der Waals surface area (Å²) in [6, 6.07) is 8.97. The van der Waals surface area contributed by atoms with Gasteiger partial charge in [0.2, 0.25) is 0 Å². The quantitative estimate of drug-likeness (QED) is 0.385. The van der Waals surface area contributed by atoms with E-state index in [1.165, 1.54) is 31.2 Å². The molecule has 0 bridgehead atoms. The van der Waals surface area contributed by atoms with Crippen LogP contribution in [0.1, 0.15) is 90.5 Å². The third-order valence-electron chi connectivity index (χ3n) is 6.86. The first-order chi connectivity index (χ1) is 15.2. The van der Waals surface area contributed by atoms with Crippen LogP contribution in [0.3, 0.4) is 0 Å². The SMILES string of the molecule is CC.CC1CCC(c2ccc(OC3CCC(C4OCC(C)CO4)CC3)cc2)CC1.[C-]#[O+]. The van der Waals surface area contributed by atoms with Crippen molar-refractivity contribution >= 4 is 0 Å². The Bertz CT molecular complexity index is 602. The summed E-state index contributed by atoms with van der Waals surface area (Å²) >= 11 is 0. The molecule has 0 radical (unpaired) electrons. The van der Waals surface area contributed by atoms with Crippen LogP contribution in [0.25, 0.3) is 0 Å². The fourth-order valence-corrected chi connectivity index (χ4v) is 4.97. The summed E-state index contributed by atoms with van der Waals surface area (Å²) in [6.07, 6.45) is 10.3. The Balaban J connectivity index is 0.000000807. The van der Waals surface area contributed by atoms with Gasteiger partial charge < -0.3 is 14.2 Å². The average Bonchev–Trinajstić information content (AvgIpc) is 2.84. The molecule has 0 unspecified atom stereocenters. The van der Waals surface area contributed by atoms with Gasteiger partial charge in [-0.3, -0.25) is 0 Å². The Morgan fingerprint density at radius 1 is 0.774 bits per heavy atom. The Morgan fingerprint density at radius 3 is 1.87 bits per heavy atom. The van der Waals surface area contributed by atoms with E-state index in [1.807, 2.05) is 13.8 Å². The monoisotopic (exact) mass is 430 g/mol. The maximum atomic E-state index is 7.50. The van der Waals surface area contributed by atoms with Crippen LogP contribution >= 0.6 is 0 Å². The van der Waals surface area contributed by atoms with Gasteiger partial charge in [-0.25, -0.2) is 0 Å². The summed E-state index contributed by atoms with van der Waals surface area (Å²) in [4.78, 5) is 0. The van der Waals surface area contributed by atoms with Crippen LogP contribution in [-0.2, 0) is 14.1 Å². The zero-order valence-electron chi connectivity index (χ0n) is 20.0. The fourth-order valence-electron chi connectivity index (χ4n) is 4.97. The molecule has 4 nitrogen and oxygen atoms in total. The van der Waals surface area contributed by atoms with Crippen LogP contribution in [0.5, 0.6) is 5.75 Å². The van der Waals surface area contributed by atoms with E-state index in [1.54, 1.807) is 0 Å². The zero-order valence-corrected chi connectivity index (χ0v) is 20.0. The van der Waals surface area contributed by atoms with Gasteiger partial charge in [-0.1, -0.05) is 52.7 Å². The van der Waals surface area contributed by atoms with Gasteiger partial charge in [0.25, 0.3) is 0 Å². The minimum atomic E-state index is 0.0136. The van der Waals surface area contributed by atoms with Gasteiger partial charge in [0, 0.05) is 11.8 Å². The molecule has 0 spiro atoms. The third-order valence-corrected chi connectivity index (χ3v) is 6.86. The van der Waals surface area contributed by atoms with E-state index in [4.69, 9.17) is 18.9 Å². The topological polar surface area (TPSA) is 47.6 Å². The van der Waals surface area contributed by atoms with Crippen LogP contribution in [0.2, 0.25) is 0 Å². The van der Waals surface area contributed by atoms with Crippen LogP contribution < -0.4 is 4.74 Å². The molecule has 4 heteroatoms. The molecule has 174 valence electrons. The van der Waals surface area contributed by atoms with Gasteiger partial charge in [0.1, 0.15) is 5.75 Å². The molecule has 1 aromatic carbocycles. The molecule has 1 saturated heterocycles. The van der Waals surface area contributed by atoms with E-state index >= 15 is 0 Å². The van der Waals surface area contributed by atoms with Gasteiger partial charge in [-0.15, -0.1) is 0 Å². The molecule has 1 heterocycles. The Kier molecular flexibility index (Phi) is 11.7. The number of rotatable bonds is 4. The first-order valence-electron chi connectivity index (χ1n) is 12.4. The van der Waals surface area contributed by atoms with Gasteiger partial charge in [0.15, 0.2) is 6.29 Å². The maximum absolute atomic E-state index is 7.50. The Labute approximate surface area is 189 Å². The predicted molar refractivity (Wildman–Crippen MR) is 123 cm³/mol. The molecule has 0 atom stereocenters. The molecule has 0 N–H and O–H groups in total. The molecule has 1 aliphatic heterocycles. The molecule has 31 heavy (non-hydrogen) atoms. The van der Waals surface area contributed by atoms with Crippen molar-refractivity contribution in [3.05, 3.63) is 36.5 Å². The number of hydrogen-bond donors (Lipinski definition) is 0. The summed E-state index contributed by atoms with van der Waals surface area (Å²) in [5, 5.41) is 0. The van der Waals surface area contributed by atoms with E-state index in [-0.39, 0.29) is 6.29 Å². The van der Waals surface area contributed by atoms with Crippen molar-refractivity contribution in [2.24, 2.45) is 17.8 Å². The molecule has 4 rings (SSSR count). The number of hydrogen-bond acceptors (Lipinski definition) is 3. The van der Waals surface area contributed by atoms with Crippen LogP contribution in [0.15, 0.2) is 24.3 Å². The van der Waals surface area contributed by atoms with Crippen molar-refractivity contribution in [2.45, 2.75) is 97.4 Å². The number of ether oxygens (including phenoxy) is 3. The minimum absolute atomic E-state index is 0.0136. The molecular formula is C27H42O4. The second-order valence-electron chi connectivity index (χ2n) is 9.32. The van der Waals surface area contributed by atoms with Crippen molar-refractivity contribution in [2.75, 3.05) is 13.2 Å². The second kappa shape index (κ2) is 14.0. The number of benzene rings is 1. The summed E-state index contributed by atoms with van der Waals surface area (Å²) in [6.45, 7) is 14.7. The summed E-state index contributed by atoms with van der Waals surface area (Å²) in [7, 11) is 0. The molecule has 2 saturated carbocycles. The fraction of sp³-hybridized carbons (Fsp3) is 0.741. The van der Waals surface area contributed by atoms with Crippen molar-refractivity contribution in [1.82, 2.24) is 0 Å². The first-order valence-corrected chi connectivity index (χ1v) is 12.4. The Morgan fingerprint density at radius 2 is 1.32 bits per heavy atom. The van der Waals surface area contributed by atoms with Crippen molar-refractivity contribution in [1.29, 1.82) is 0 Å². The van der Waals surface area contributed by atoms with E-state index in [0.29, 0.717) is 17.9 Å². The second-order valence-corrected chi connectivity index (χ2v) is 9.32. The van der Waals surface area contributed by atoms with E-state index in [2.05, 4.69) is 44.8 Å². The van der Waals surface area contributed by atoms with Crippen LogP contribution in [0, 0.1) is 24.4 Å². The average molecular weight is 431 g/mol. The molecule has 2 aliphatic carbocycles. The summed E-state index contributed by atoms with van der Waals surface area (Å²) in [5.74, 6) is 3.76. The molecule has 3 aliphatic rings. The van der Waals surface area contributed by atoms with Gasteiger partial charge in [-0.05, 0) is 68.1 Å². The van der Waals surface area contributed by atoms with Crippen LogP contribution in [0.4, 0.5) is 0 Å². The standard InChI is InChI=1S/C24H36O3.C2H6.CO/c1-17-3-5-19(6-4-17)20-7-11-22(12-8-20)27-23-13-9-21(10-14-23)24-25-15-18(2)16-26-24;2*1-2/h7-8,11-12,17-19,21,23-24H,3-6,9-10,13-16H2,1-2H3;1-2H3;. The van der Waals surface area contributed by atoms with E-state index < -0.39 is 0 Å². The zero-order chi connectivity index (χ0) is 22.6. The van der Waals surface area contributed by atoms with Crippen LogP contribution in [-0.4, -0.2) is 25.6 Å². The van der Waals surface area contributed by atoms with Gasteiger partial charge in [0.05, 0.1) is 19.3 Å². The normalized spacial score (nSPS) is 33.1.